The third kappa shape index (κ3) is 3.56. The van der Waals surface area contributed by atoms with Crippen LogP contribution in [0.1, 0.15) is 32.6 Å². The SMILES string of the molecule is CCCOc1ccc(N2C(=O)CC(NNC(=O)C3CC3)C2=O)cc1. The fourth-order valence-corrected chi connectivity index (χ4v) is 2.53. The lowest BCUT2D eigenvalue weighted by atomic mass is 10.2. The van der Waals surface area contributed by atoms with Crippen LogP contribution in [0.4, 0.5) is 5.69 Å². The fourth-order valence-electron chi connectivity index (χ4n) is 2.53. The van der Waals surface area contributed by atoms with Crippen molar-refractivity contribution in [1.29, 1.82) is 0 Å². The van der Waals surface area contributed by atoms with Crippen molar-refractivity contribution in [3.63, 3.8) is 0 Å². The van der Waals surface area contributed by atoms with Gasteiger partial charge in [0.2, 0.25) is 11.8 Å². The van der Waals surface area contributed by atoms with E-state index >= 15 is 0 Å². The van der Waals surface area contributed by atoms with E-state index in [0.717, 1.165) is 24.2 Å². The Balaban J connectivity index is 1.61. The van der Waals surface area contributed by atoms with Crippen LogP contribution < -0.4 is 20.5 Å². The molecule has 1 heterocycles. The van der Waals surface area contributed by atoms with Crippen molar-refractivity contribution in [3.05, 3.63) is 24.3 Å². The molecule has 128 valence electrons. The molecule has 0 spiro atoms. The normalized spacial score (nSPS) is 20.4. The van der Waals surface area contributed by atoms with Crippen LogP contribution in [0.15, 0.2) is 24.3 Å². The molecule has 0 radical (unpaired) electrons. The second kappa shape index (κ2) is 7.00. The van der Waals surface area contributed by atoms with E-state index in [-0.39, 0.29) is 30.1 Å². The highest BCUT2D eigenvalue weighted by Gasteiger charge is 2.40. The number of carbonyl (C=O) groups is 3. The number of hydrogen-bond donors (Lipinski definition) is 2. The zero-order valence-corrected chi connectivity index (χ0v) is 13.6. The van der Waals surface area contributed by atoms with Gasteiger partial charge in [0.25, 0.3) is 5.91 Å². The summed E-state index contributed by atoms with van der Waals surface area (Å²) in [5.41, 5.74) is 5.72. The molecule has 1 aliphatic carbocycles. The molecule has 7 heteroatoms. The molecule has 1 unspecified atom stereocenters. The van der Waals surface area contributed by atoms with Gasteiger partial charge in [0.1, 0.15) is 11.8 Å². The summed E-state index contributed by atoms with van der Waals surface area (Å²) in [6.07, 6.45) is 2.69. The van der Waals surface area contributed by atoms with Gasteiger partial charge < -0.3 is 4.74 Å². The first-order valence-corrected chi connectivity index (χ1v) is 8.25. The third-order valence-electron chi connectivity index (χ3n) is 4.03. The topological polar surface area (TPSA) is 87.7 Å². The van der Waals surface area contributed by atoms with Crippen LogP contribution in [-0.2, 0) is 14.4 Å². The van der Waals surface area contributed by atoms with Gasteiger partial charge in [-0.15, -0.1) is 0 Å². The molecule has 1 saturated carbocycles. The van der Waals surface area contributed by atoms with Gasteiger partial charge in [-0.1, -0.05) is 6.92 Å². The van der Waals surface area contributed by atoms with E-state index in [2.05, 4.69) is 10.9 Å². The first kappa shape index (κ1) is 16.4. The molecule has 2 fully saturated rings. The second-order valence-corrected chi connectivity index (χ2v) is 6.07. The van der Waals surface area contributed by atoms with Gasteiger partial charge in [-0.05, 0) is 43.5 Å². The molecule has 0 bridgehead atoms. The number of anilines is 1. The number of hydrogen-bond acceptors (Lipinski definition) is 5. The van der Waals surface area contributed by atoms with Gasteiger partial charge in [0.15, 0.2) is 0 Å². The van der Waals surface area contributed by atoms with Crippen LogP contribution in [0.5, 0.6) is 5.75 Å². The third-order valence-corrected chi connectivity index (χ3v) is 4.03. The number of rotatable bonds is 7. The number of nitrogens with zero attached hydrogens (tertiary/aromatic N) is 1. The molecule has 2 N–H and O–H groups in total. The van der Waals surface area contributed by atoms with Crippen molar-refractivity contribution in [1.82, 2.24) is 10.9 Å². The van der Waals surface area contributed by atoms with Crippen LogP contribution in [-0.4, -0.2) is 30.4 Å². The minimum Gasteiger partial charge on any atom is -0.494 e. The molecule has 1 aliphatic heterocycles. The molecule has 3 rings (SSSR count). The monoisotopic (exact) mass is 331 g/mol. The second-order valence-electron chi connectivity index (χ2n) is 6.07. The summed E-state index contributed by atoms with van der Waals surface area (Å²) in [5.74, 6) is -0.0348. The molecule has 1 aromatic carbocycles. The number of carbonyl (C=O) groups excluding carboxylic acids is 3. The Kier molecular flexibility index (Phi) is 4.80. The van der Waals surface area contributed by atoms with Crippen molar-refractivity contribution in [2.45, 2.75) is 38.6 Å². The average Bonchev–Trinajstić information content (AvgIpc) is 3.38. The van der Waals surface area contributed by atoms with Crippen LogP contribution in [0.25, 0.3) is 0 Å². The van der Waals surface area contributed by atoms with Gasteiger partial charge in [0, 0.05) is 5.92 Å². The van der Waals surface area contributed by atoms with E-state index < -0.39 is 6.04 Å². The van der Waals surface area contributed by atoms with E-state index in [9.17, 15) is 14.4 Å². The Morgan fingerprint density at radius 1 is 1.25 bits per heavy atom. The largest absolute Gasteiger partial charge is 0.494 e. The number of amides is 3. The number of nitrogens with one attached hydrogen (secondary N) is 2. The van der Waals surface area contributed by atoms with Crippen LogP contribution in [0.2, 0.25) is 0 Å². The Morgan fingerprint density at radius 3 is 2.58 bits per heavy atom. The zero-order chi connectivity index (χ0) is 17.1. The van der Waals surface area contributed by atoms with Crippen molar-refractivity contribution in [2.24, 2.45) is 5.92 Å². The summed E-state index contributed by atoms with van der Waals surface area (Å²) in [6, 6.07) is 6.12. The van der Waals surface area contributed by atoms with E-state index in [1.165, 1.54) is 0 Å². The lowest BCUT2D eigenvalue weighted by Gasteiger charge is -2.16. The smallest absolute Gasteiger partial charge is 0.253 e. The van der Waals surface area contributed by atoms with E-state index in [1.54, 1.807) is 24.3 Å². The molecule has 1 atom stereocenters. The van der Waals surface area contributed by atoms with Gasteiger partial charge >= 0.3 is 0 Å². The predicted molar refractivity (Wildman–Crippen MR) is 87.1 cm³/mol. The molecule has 1 saturated heterocycles. The minimum atomic E-state index is -0.726. The first-order valence-electron chi connectivity index (χ1n) is 8.25. The molecule has 2 aliphatic rings. The highest BCUT2D eigenvalue weighted by Crippen LogP contribution is 2.29. The fraction of sp³-hybridized carbons (Fsp3) is 0.471. The molecule has 3 amide bonds. The van der Waals surface area contributed by atoms with Crippen LogP contribution >= 0.6 is 0 Å². The molecule has 1 aromatic rings. The highest BCUT2D eigenvalue weighted by molar-refractivity contribution is 6.22. The Bertz CT molecular complexity index is 640. The Hall–Kier alpha value is -2.41. The van der Waals surface area contributed by atoms with Crippen molar-refractivity contribution >= 4 is 23.4 Å². The van der Waals surface area contributed by atoms with Crippen molar-refractivity contribution in [2.75, 3.05) is 11.5 Å². The molecular weight excluding hydrogens is 310 g/mol. The van der Waals surface area contributed by atoms with Crippen molar-refractivity contribution in [3.8, 4) is 5.75 Å². The molecule has 0 aromatic heterocycles. The lowest BCUT2D eigenvalue weighted by molar-refractivity contribution is -0.124. The highest BCUT2D eigenvalue weighted by atomic mass is 16.5. The summed E-state index contributed by atoms with van der Waals surface area (Å²) in [5, 5.41) is 0. The zero-order valence-electron chi connectivity index (χ0n) is 13.6. The maximum atomic E-state index is 12.4. The number of benzene rings is 1. The van der Waals surface area contributed by atoms with Crippen LogP contribution in [0, 0.1) is 5.92 Å². The van der Waals surface area contributed by atoms with E-state index in [1.807, 2.05) is 6.92 Å². The summed E-state index contributed by atoms with van der Waals surface area (Å²) < 4.78 is 5.49. The first-order chi connectivity index (χ1) is 11.6. The molecular formula is C17H21N3O4. The Labute approximate surface area is 140 Å². The standard InChI is InChI=1S/C17H21N3O4/c1-2-9-24-13-7-5-12(6-8-13)20-15(21)10-14(17(20)23)18-19-16(22)11-3-4-11/h5-8,11,14,18H,2-4,9-10H2,1H3,(H,19,22). The molecule has 24 heavy (non-hydrogen) atoms. The number of ether oxygens (including phenoxy) is 1. The van der Waals surface area contributed by atoms with Gasteiger partial charge in [-0.2, -0.15) is 0 Å². The summed E-state index contributed by atoms with van der Waals surface area (Å²) in [4.78, 5) is 37.4. The lowest BCUT2D eigenvalue weighted by Crippen LogP contribution is -2.48. The van der Waals surface area contributed by atoms with E-state index in [0.29, 0.717) is 18.0 Å². The maximum Gasteiger partial charge on any atom is 0.253 e. The number of hydrazine groups is 1. The van der Waals surface area contributed by atoms with Gasteiger partial charge in [-0.25, -0.2) is 10.3 Å². The van der Waals surface area contributed by atoms with Crippen LogP contribution in [0.3, 0.4) is 0 Å². The summed E-state index contributed by atoms with van der Waals surface area (Å²) in [6.45, 7) is 2.64. The summed E-state index contributed by atoms with van der Waals surface area (Å²) >= 11 is 0. The quantitative estimate of drug-likeness (QED) is 0.578. The van der Waals surface area contributed by atoms with Crippen molar-refractivity contribution < 1.29 is 19.1 Å². The van der Waals surface area contributed by atoms with Gasteiger partial charge in [-0.3, -0.25) is 19.8 Å². The maximum absolute atomic E-state index is 12.4. The average molecular weight is 331 g/mol. The number of imide groups is 1. The van der Waals surface area contributed by atoms with Gasteiger partial charge in [0.05, 0.1) is 18.7 Å². The molecule has 7 nitrogen and oxygen atoms in total. The van der Waals surface area contributed by atoms with E-state index in [4.69, 9.17) is 4.74 Å². The Morgan fingerprint density at radius 2 is 1.96 bits per heavy atom. The summed E-state index contributed by atoms with van der Waals surface area (Å²) in [7, 11) is 0. The predicted octanol–water partition coefficient (Wildman–Crippen LogP) is 1.14. The minimum absolute atomic E-state index is 0.0257.